The predicted octanol–water partition coefficient (Wildman–Crippen LogP) is 2.02. The van der Waals surface area contributed by atoms with Gasteiger partial charge in [0.05, 0.1) is 0 Å². The summed E-state index contributed by atoms with van der Waals surface area (Å²) in [4.78, 5) is 11.6. The molecule has 0 saturated carbocycles. The van der Waals surface area contributed by atoms with Gasteiger partial charge in [0.2, 0.25) is 5.91 Å². The number of hydrogen-bond donors (Lipinski definition) is 2. The topological polar surface area (TPSA) is 41.1 Å². The van der Waals surface area contributed by atoms with E-state index >= 15 is 0 Å². The lowest BCUT2D eigenvalue weighted by molar-refractivity contribution is -0.122. The van der Waals surface area contributed by atoms with E-state index in [1.165, 1.54) is 0 Å². The van der Waals surface area contributed by atoms with Gasteiger partial charge >= 0.3 is 0 Å². The zero-order valence-corrected chi connectivity index (χ0v) is 11.8. The second-order valence-electron chi connectivity index (χ2n) is 4.12. The molecule has 96 valence electrons. The summed E-state index contributed by atoms with van der Waals surface area (Å²) in [5.74, 6) is 2.43. The third-order valence-electron chi connectivity index (χ3n) is 2.35. The third kappa shape index (κ3) is 9.04. The van der Waals surface area contributed by atoms with Crippen molar-refractivity contribution in [1.29, 1.82) is 0 Å². The van der Waals surface area contributed by atoms with Gasteiger partial charge in [-0.25, -0.2) is 0 Å². The van der Waals surface area contributed by atoms with Crippen LogP contribution in [0.25, 0.3) is 0 Å². The number of carbonyl (C=O) groups is 1. The zero-order valence-electron chi connectivity index (χ0n) is 11.0. The molecule has 0 spiro atoms. The standard InChI is InChI=1S/C12H26N2OS/c1-5-13-11(4)9-12(15)14-10(3)7-8-16-6-2/h10-11,13H,5-9H2,1-4H3,(H,14,15). The highest BCUT2D eigenvalue weighted by Crippen LogP contribution is 2.04. The highest BCUT2D eigenvalue weighted by molar-refractivity contribution is 7.99. The van der Waals surface area contributed by atoms with Crippen LogP contribution in [0.5, 0.6) is 0 Å². The Hall–Kier alpha value is -0.220. The Morgan fingerprint density at radius 3 is 2.50 bits per heavy atom. The first-order valence-electron chi connectivity index (χ1n) is 6.20. The molecule has 16 heavy (non-hydrogen) atoms. The molecular formula is C12H26N2OS. The first-order chi connectivity index (χ1) is 7.60. The van der Waals surface area contributed by atoms with Gasteiger partial charge < -0.3 is 10.6 Å². The van der Waals surface area contributed by atoms with Crippen LogP contribution in [-0.4, -0.2) is 36.0 Å². The Morgan fingerprint density at radius 2 is 1.94 bits per heavy atom. The molecule has 0 bridgehead atoms. The zero-order chi connectivity index (χ0) is 12.4. The van der Waals surface area contributed by atoms with Crippen LogP contribution in [0, 0.1) is 0 Å². The normalized spacial score (nSPS) is 14.5. The van der Waals surface area contributed by atoms with Gasteiger partial charge in [0, 0.05) is 18.5 Å². The first-order valence-corrected chi connectivity index (χ1v) is 7.36. The minimum absolute atomic E-state index is 0.155. The smallest absolute Gasteiger partial charge is 0.221 e. The molecule has 0 aromatic rings. The van der Waals surface area contributed by atoms with Crippen LogP contribution in [0.15, 0.2) is 0 Å². The van der Waals surface area contributed by atoms with E-state index in [4.69, 9.17) is 0 Å². The molecule has 0 aromatic carbocycles. The lowest BCUT2D eigenvalue weighted by Crippen LogP contribution is -2.38. The van der Waals surface area contributed by atoms with E-state index in [0.717, 1.165) is 24.5 Å². The maximum absolute atomic E-state index is 11.6. The number of nitrogens with one attached hydrogen (secondary N) is 2. The molecule has 3 nitrogen and oxygen atoms in total. The molecule has 0 radical (unpaired) electrons. The van der Waals surface area contributed by atoms with Crippen molar-refractivity contribution in [3.63, 3.8) is 0 Å². The first kappa shape index (κ1) is 15.8. The predicted molar refractivity (Wildman–Crippen MR) is 73.0 cm³/mol. The summed E-state index contributed by atoms with van der Waals surface area (Å²) in [6.07, 6.45) is 1.62. The molecule has 0 fully saturated rings. The van der Waals surface area contributed by atoms with E-state index < -0.39 is 0 Å². The largest absolute Gasteiger partial charge is 0.354 e. The molecule has 0 aliphatic heterocycles. The van der Waals surface area contributed by atoms with Gasteiger partial charge in [0.1, 0.15) is 0 Å². The van der Waals surface area contributed by atoms with Crippen molar-refractivity contribution in [3.8, 4) is 0 Å². The lowest BCUT2D eigenvalue weighted by Gasteiger charge is -2.16. The van der Waals surface area contributed by atoms with Crippen molar-refractivity contribution in [3.05, 3.63) is 0 Å². The van der Waals surface area contributed by atoms with Crippen molar-refractivity contribution in [2.24, 2.45) is 0 Å². The van der Waals surface area contributed by atoms with Crippen LogP contribution >= 0.6 is 11.8 Å². The van der Waals surface area contributed by atoms with Crippen LogP contribution in [-0.2, 0) is 4.79 Å². The number of amides is 1. The molecular weight excluding hydrogens is 220 g/mol. The SMILES string of the molecule is CCNC(C)CC(=O)NC(C)CCSCC. The number of carbonyl (C=O) groups excluding carboxylic acids is 1. The fourth-order valence-corrected chi connectivity index (χ4v) is 2.32. The van der Waals surface area contributed by atoms with Crippen molar-refractivity contribution < 1.29 is 4.79 Å². The minimum atomic E-state index is 0.155. The van der Waals surface area contributed by atoms with E-state index in [2.05, 4.69) is 31.4 Å². The Bertz CT molecular complexity index is 188. The van der Waals surface area contributed by atoms with E-state index in [9.17, 15) is 4.79 Å². The molecule has 1 amide bonds. The van der Waals surface area contributed by atoms with E-state index in [1.54, 1.807) is 0 Å². The summed E-state index contributed by atoms with van der Waals surface area (Å²) >= 11 is 1.92. The molecule has 0 aliphatic rings. The van der Waals surface area contributed by atoms with Crippen molar-refractivity contribution in [2.45, 2.75) is 52.6 Å². The van der Waals surface area contributed by atoms with Gasteiger partial charge in [0.25, 0.3) is 0 Å². The second-order valence-corrected chi connectivity index (χ2v) is 5.51. The van der Waals surface area contributed by atoms with Crippen LogP contribution in [0.3, 0.4) is 0 Å². The minimum Gasteiger partial charge on any atom is -0.354 e. The fourth-order valence-electron chi connectivity index (χ4n) is 1.51. The monoisotopic (exact) mass is 246 g/mol. The Balaban J connectivity index is 3.61. The summed E-state index contributed by atoms with van der Waals surface area (Å²) < 4.78 is 0. The summed E-state index contributed by atoms with van der Waals surface area (Å²) in [6, 6.07) is 0.558. The van der Waals surface area contributed by atoms with Crippen molar-refractivity contribution in [2.75, 3.05) is 18.1 Å². The van der Waals surface area contributed by atoms with Crippen LogP contribution < -0.4 is 10.6 Å². The van der Waals surface area contributed by atoms with E-state index in [-0.39, 0.29) is 11.9 Å². The molecule has 0 saturated heterocycles. The van der Waals surface area contributed by atoms with E-state index in [0.29, 0.717) is 12.5 Å². The number of thioether (sulfide) groups is 1. The highest BCUT2D eigenvalue weighted by Gasteiger charge is 2.10. The molecule has 4 heteroatoms. The van der Waals surface area contributed by atoms with Gasteiger partial charge in [-0.05, 0) is 38.3 Å². The van der Waals surface area contributed by atoms with Crippen LogP contribution in [0.1, 0.15) is 40.5 Å². The van der Waals surface area contributed by atoms with Crippen molar-refractivity contribution in [1.82, 2.24) is 10.6 Å². The molecule has 2 atom stereocenters. The quantitative estimate of drug-likeness (QED) is 0.612. The average Bonchev–Trinajstić information content (AvgIpc) is 2.17. The summed E-state index contributed by atoms with van der Waals surface area (Å²) in [6.45, 7) is 9.24. The van der Waals surface area contributed by atoms with Gasteiger partial charge in [-0.15, -0.1) is 0 Å². The van der Waals surface area contributed by atoms with Gasteiger partial charge in [0.15, 0.2) is 0 Å². The molecule has 0 aliphatic carbocycles. The Morgan fingerprint density at radius 1 is 1.25 bits per heavy atom. The number of rotatable bonds is 9. The van der Waals surface area contributed by atoms with Crippen LogP contribution in [0.2, 0.25) is 0 Å². The van der Waals surface area contributed by atoms with E-state index in [1.807, 2.05) is 18.7 Å². The van der Waals surface area contributed by atoms with Gasteiger partial charge in [-0.1, -0.05) is 13.8 Å². The highest BCUT2D eigenvalue weighted by atomic mass is 32.2. The molecule has 0 rings (SSSR count). The molecule has 0 heterocycles. The Labute approximate surface area is 104 Å². The maximum Gasteiger partial charge on any atom is 0.221 e. The molecule has 0 aromatic heterocycles. The van der Waals surface area contributed by atoms with Gasteiger partial charge in [-0.2, -0.15) is 11.8 Å². The maximum atomic E-state index is 11.6. The lowest BCUT2D eigenvalue weighted by atomic mass is 10.2. The third-order valence-corrected chi connectivity index (χ3v) is 3.28. The van der Waals surface area contributed by atoms with Crippen LogP contribution in [0.4, 0.5) is 0 Å². The summed E-state index contributed by atoms with van der Waals surface area (Å²) in [5.41, 5.74) is 0. The molecule has 2 N–H and O–H groups in total. The molecule has 2 unspecified atom stereocenters. The average molecular weight is 246 g/mol. The van der Waals surface area contributed by atoms with Gasteiger partial charge in [-0.3, -0.25) is 4.79 Å². The summed E-state index contributed by atoms with van der Waals surface area (Å²) in [5, 5.41) is 6.27. The summed E-state index contributed by atoms with van der Waals surface area (Å²) in [7, 11) is 0. The fraction of sp³-hybridized carbons (Fsp3) is 0.917. The Kier molecular flexibility index (Phi) is 9.83. The second kappa shape index (κ2) is 9.97. The number of hydrogen-bond acceptors (Lipinski definition) is 3. The van der Waals surface area contributed by atoms with Crippen molar-refractivity contribution >= 4 is 17.7 Å².